The molecule has 0 radical (unpaired) electrons. The first-order chi connectivity index (χ1) is 8.48. The number of nitrogens with zero attached hydrogens (tertiary/aromatic N) is 3. The van der Waals surface area contributed by atoms with Gasteiger partial charge < -0.3 is 9.64 Å². The molecule has 1 aliphatic rings. The quantitative estimate of drug-likeness (QED) is 0.816. The number of methoxy groups -OCH3 is 1. The smallest absolute Gasteiger partial charge is 0.369 e. The van der Waals surface area contributed by atoms with Crippen molar-refractivity contribution in [1.82, 2.24) is 9.97 Å². The summed E-state index contributed by atoms with van der Waals surface area (Å²) in [6, 6.07) is 1.69. The molecule has 0 spiro atoms. The molecule has 7 heteroatoms. The Hall–Kier alpha value is -1.37. The van der Waals surface area contributed by atoms with Crippen molar-refractivity contribution in [2.24, 2.45) is 0 Å². The van der Waals surface area contributed by atoms with E-state index in [9.17, 15) is 13.2 Å². The van der Waals surface area contributed by atoms with Crippen molar-refractivity contribution in [3.8, 4) is 0 Å². The molecular weight excluding hydrogens is 247 g/mol. The van der Waals surface area contributed by atoms with Gasteiger partial charge in [0.25, 0.3) is 0 Å². The predicted molar refractivity (Wildman–Crippen MR) is 59.3 cm³/mol. The van der Waals surface area contributed by atoms with Crippen molar-refractivity contribution < 1.29 is 17.9 Å². The molecular formula is C11H14F3N3O. The van der Waals surface area contributed by atoms with E-state index in [4.69, 9.17) is 4.74 Å². The van der Waals surface area contributed by atoms with Crippen LogP contribution in [-0.4, -0.2) is 41.9 Å². The first kappa shape index (κ1) is 13.1. The fraction of sp³-hybridized carbons (Fsp3) is 0.636. The van der Waals surface area contributed by atoms with E-state index >= 15 is 0 Å². The van der Waals surface area contributed by atoms with Crippen LogP contribution < -0.4 is 4.90 Å². The van der Waals surface area contributed by atoms with Crippen LogP contribution in [0, 0.1) is 0 Å². The highest BCUT2D eigenvalue weighted by atomic mass is 19.4. The molecule has 18 heavy (non-hydrogen) atoms. The van der Waals surface area contributed by atoms with Crippen LogP contribution in [0.25, 0.3) is 0 Å². The number of halogens is 3. The van der Waals surface area contributed by atoms with Gasteiger partial charge in [0.2, 0.25) is 0 Å². The molecule has 2 heterocycles. The maximum absolute atomic E-state index is 13.0. The summed E-state index contributed by atoms with van der Waals surface area (Å²) < 4.78 is 43.6. The molecule has 0 aromatic carbocycles. The van der Waals surface area contributed by atoms with Gasteiger partial charge in [-0.05, 0) is 6.07 Å². The average Bonchev–Trinajstić information content (AvgIpc) is 2.38. The molecule has 0 saturated carbocycles. The zero-order valence-corrected chi connectivity index (χ0v) is 9.94. The number of rotatable bonds is 2. The Labute approximate surface area is 103 Å². The first-order valence-corrected chi connectivity index (χ1v) is 5.61. The molecule has 1 aliphatic heterocycles. The van der Waals surface area contributed by atoms with Crippen LogP contribution in [0.3, 0.4) is 0 Å². The summed E-state index contributed by atoms with van der Waals surface area (Å²) in [6.45, 7) is 0.536. The SMILES string of the molecule is COC1(C(F)(F)F)CCN(c2ccncn2)CC1. The van der Waals surface area contributed by atoms with Crippen molar-refractivity contribution in [3.63, 3.8) is 0 Å². The average molecular weight is 261 g/mol. The lowest BCUT2D eigenvalue weighted by molar-refractivity contribution is -0.276. The Morgan fingerprint density at radius 1 is 1.33 bits per heavy atom. The van der Waals surface area contributed by atoms with Gasteiger partial charge in [-0.25, -0.2) is 9.97 Å². The van der Waals surface area contributed by atoms with E-state index in [1.807, 2.05) is 4.90 Å². The Morgan fingerprint density at radius 2 is 2.00 bits per heavy atom. The van der Waals surface area contributed by atoms with Crippen LogP contribution >= 0.6 is 0 Å². The Balaban J connectivity index is 2.08. The van der Waals surface area contributed by atoms with Crippen LogP contribution in [0.15, 0.2) is 18.6 Å². The molecule has 1 fully saturated rings. The van der Waals surface area contributed by atoms with Gasteiger partial charge in [-0.1, -0.05) is 0 Å². The van der Waals surface area contributed by atoms with Gasteiger partial charge in [-0.3, -0.25) is 0 Å². The Morgan fingerprint density at radius 3 is 2.44 bits per heavy atom. The minimum atomic E-state index is -4.33. The lowest BCUT2D eigenvalue weighted by Gasteiger charge is -2.42. The van der Waals surface area contributed by atoms with Gasteiger partial charge in [0.15, 0.2) is 5.60 Å². The van der Waals surface area contributed by atoms with Crippen molar-refractivity contribution in [2.75, 3.05) is 25.1 Å². The zero-order chi connectivity index (χ0) is 13.2. The monoisotopic (exact) mass is 261 g/mol. The number of hydrogen-bond donors (Lipinski definition) is 0. The van der Waals surface area contributed by atoms with Crippen LogP contribution in [0.4, 0.5) is 19.0 Å². The third kappa shape index (κ3) is 2.27. The van der Waals surface area contributed by atoms with Gasteiger partial charge in [-0.2, -0.15) is 13.2 Å². The van der Waals surface area contributed by atoms with Gasteiger partial charge in [0.1, 0.15) is 12.1 Å². The van der Waals surface area contributed by atoms with E-state index in [0.29, 0.717) is 5.82 Å². The largest absolute Gasteiger partial charge is 0.417 e. The van der Waals surface area contributed by atoms with E-state index in [2.05, 4.69) is 9.97 Å². The second-order valence-electron chi connectivity index (χ2n) is 4.25. The molecule has 1 saturated heterocycles. The highest BCUT2D eigenvalue weighted by Crippen LogP contribution is 2.41. The molecule has 0 N–H and O–H groups in total. The fourth-order valence-corrected chi connectivity index (χ4v) is 2.17. The van der Waals surface area contributed by atoms with Crippen molar-refractivity contribution >= 4 is 5.82 Å². The van der Waals surface area contributed by atoms with E-state index in [1.165, 1.54) is 6.33 Å². The second kappa shape index (κ2) is 4.72. The number of ether oxygens (including phenoxy) is 1. The van der Waals surface area contributed by atoms with E-state index < -0.39 is 11.8 Å². The number of piperidine rings is 1. The molecule has 2 rings (SSSR count). The third-order valence-corrected chi connectivity index (χ3v) is 3.37. The lowest BCUT2D eigenvalue weighted by atomic mass is 9.90. The first-order valence-electron chi connectivity index (χ1n) is 5.61. The molecule has 4 nitrogen and oxygen atoms in total. The van der Waals surface area contributed by atoms with Crippen LogP contribution in [0.2, 0.25) is 0 Å². The zero-order valence-electron chi connectivity index (χ0n) is 9.94. The van der Waals surface area contributed by atoms with Gasteiger partial charge in [0, 0.05) is 39.2 Å². The van der Waals surface area contributed by atoms with Gasteiger partial charge >= 0.3 is 6.18 Å². The number of anilines is 1. The van der Waals surface area contributed by atoms with E-state index in [-0.39, 0.29) is 25.9 Å². The summed E-state index contributed by atoms with van der Waals surface area (Å²) in [7, 11) is 1.12. The standard InChI is InChI=1S/C11H14F3N3O/c1-18-10(11(12,13)14)3-6-17(7-4-10)9-2-5-15-8-16-9/h2,5,8H,3-4,6-7H2,1H3. The summed E-state index contributed by atoms with van der Waals surface area (Å²) in [4.78, 5) is 9.62. The normalized spacial score (nSPS) is 19.9. The minimum Gasteiger partial charge on any atom is -0.369 e. The van der Waals surface area contributed by atoms with Crippen molar-refractivity contribution in [2.45, 2.75) is 24.6 Å². The Bertz CT molecular complexity index is 388. The molecule has 0 atom stereocenters. The number of aromatic nitrogens is 2. The summed E-state index contributed by atoms with van der Waals surface area (Å²) in [5.74, 6) is 0.650. The Kier molecular flexibility index (Phi) is 3.43. The summed E-state index contributed by atoms with van der Waals surface area (Å²) in [6.07, 6.45) is -1.55. The van der Waals surface area contributed by atoms with Crippen LogP contribution in [0.1, 0.15) is 12.8 Å². The molecule has 0 unspecified atom stereocenters. The summed E-state index contributed by atoms with van der Waals surface area (Å²) in [5, 5.41) is 0. The molecule has 1 aromatic heterocycles. The van der Waals surface area contributed by atoms with Crippen LogP contribution in [-0.2, 0) is 4.74 Å². The maximum Gasteiger partial charge on any atom is 0.417 e. The highest BCUT2D eigenvalue weighted by molar-refractivity contribution is 5.37. The van der Waals surface area contributed by atoms with E-state index in [0.717, 1.165) is 7.11 Å². The van der Waals surface area contributed by atoms with Crippen molar-refractivity contribution in [3.05, 3.63) is 18.6 Å². The molecule has 0 amide bonds. The third-order valence-electron chi connectivity index (χ3n) is 3.37. The van der Waals surface area contributed by atoms with Gasteiger partial charge in [-0.15, -0.1) is 0 Å². The molecule has 0 bridgehead atoms. The van der Waals surface area contributed by atoms with Gasteiger partial charge in [0.05, 0.1) is 0 Å². The van der Waals surface area contributed by atoms with Crippen LogP contribution in [0.5, 0.6) is 0 Å². The summed E-state index contributed by atoms with van der Waals surface area (Å²) >= 11 is 0. The predicted octanol–water partition coefficient (Wildman–Crippen LogP) is 2.02. The molecule has 1 aromatic rings. The number of hydrogen-bond acceptors (Lipinski definition) is 4. The van der Waals surface area contributed by atoms with E-state index in [1.54, 1.807) is 12.3 Å². The van der Waals surface area contributed by atoms with Crippen molar-refractivity contribution in [1.29, 1.82) is 0 Å². The molecule has 0 aliphatic carbocycles. The minimum absolute atomic E-state index is 0.0863. The lowest BCUT2D eigenvalue weighted by Crippen LogP contribution is -2.54. The fourth-order valence-electron chi connectivity index (χ4n) is 2.17. The maximum atomic E-state index is 13.0. The second-order valence-corrected chi connectivity index (χ2v) is 4.25. The number of alkyl halides is 3. The summed E-state index contributed by atoms with van der Waals surface area (Å²) in [5.41, 5.74) is -2.02. The molecule has 100 valence electrons. The topological polar surface area (TPSA) is 38.2 Å². The highest BCUT2D eigenvalue weighted by Gasteiger charge is 2.56.